The number of phenolic OH excluding ortho intramolecular Hbond substituents is 2. The van der Waals surface area contributed by atoms with E-state index in [1.54, 1.807) is 29.2 Å². The van der Waals surface area contributed by atoms with Gasteiger partial charge in [0.15, 0.2) is 6.61 Å². The summed E-state index contributed by atoms with van der Waals surface area (Å²) in [4.78, 5) is 26.3. The van der Waals surface area contributed by atoms with Gasteiger partial charge in [-0.2, -0.15) is 0 Å². The molecule has 1 aliphatic rings. The van der Waals surface area contributed by atoms with Gasteiger partial charge in [-0.1, -0.05) is 11.6 Å². The number of halogens is 1. The first-order valence-corrected chi connectivity index (χ1v) is 9.28. The first-order valence-electron chi connectivity index (χ1n) is 8.91. The van der Waals surface area contributed by atoms with Gasteiger partial charge in [0.25, 0.3) is 11.8 Å². The molecule has 28 heavy (non-hydrogen) atoms. The van der Waals surface area contributed by atoms with E-state index >= 15 is 0 Å². The van der Waals surface area contributed by atoms with Crippen LogP contribution in [0.4, 0.5) is 0 Å². The Bertz CT molecular complexity index is 828. The maximum atomic E-state index is 12.3. The number of hydrogen-bond donors (Lipinski definition) is 3. The van der Waals surface area contributed by atoms with Crippen LogP contribution in [0.3, 0.4) is 0 Å². The van der Waals surface area contributed by atoms with Gasteiger partial charge in [-0.05, 0) is 49.2 Å². The van der Waals surface area contributed by atoms with Crippen molar-refractivity contribution >= 4 is 23.4 Å². The number of piperidine rings is 1. The Hall–Kier alpha value is -2.93. The zero-order valence-corrected chi connectivity index (χ0v) is 15.9. The molecule has 0 atom stereocenters. The summed E-state index contributed by atoms with van der Waals surface area (Å²) in [6, 6.07) is 10.5. The zero-order chi connectivity index (χ0) is 20.1. The smallest absolute Gasteiger partial charge is 0.260 e. The molecule has 3 rings (SSSR count). The lowest BCUT2D eigenvalue weighted by molar-refractivity contribution is -0.134. The second kappa shape index (κ2) is 8.84. The minimum Gasteiger partial charge on any atom is -0.508 e. The van der Waals surface area contributed by atoms with E-state index in [-0.39, 0.29) is 41.5 Å². The molecule has 7 nitrogen and oxygen atoms in total. The van der Waals surface area contributed by atoms with Crippen LogP contribution in [0.5, 0.6) is 17.2 Å². The summed E-state index contributed by atoms with van der Waals surface area (Å²) in [6.45, 7) is 0.972. The summed E-state index contributed by atoms with van der Waals surface area (Å²) < 4.78 is 5.48. The topological polar surface area (TPSA) is 99.1 Å². The van der Waals surface area contributed by atoms with Gasteiger partial charge in [-0.15, -0.1) is 0 Å². The number of nitrogens with one attached hydrogen (secondary N) is 1. The largest absolute Gasteiger partial charge is 0.508 e. The van der Waals surface area contributed by atoms with E-state index < -0.39 is 0 Å². The summed E-state index contributed by atoms with van der Waals surface area (Å²) in [5, 5.41) is 22.4. The number of rotatable bonds is 5. The number of hydrogen-bond acceptors (Lipinski definition) is 5. The highest BCUT2D eigenvalue weighted by atomic mass is 35.5. The van der Waals surface area contributed by atoms with Crippen molar-refractivity contribution in [3.63, 3.8) is 0 Å². The molecule has 1 heterocycles. The highest BCUT2D eigenvalue weighted by molar-refractivity contribution is 6.30. The highest BCUT2D eigenvalue weighted by Crippen LogP contribution is 2.21. The average Bonchev–Trinajstić information content (AvgIpc) is 2.67. The summed E-state index contributed by atoms with van der Waals surface area (Å²) in [5.74, 6) is -0.258. The molecule has 3 N–H and O–H groups in total. The van der Waals surface area contributed by atoms with E-state index in [1.165, 1.54) is 12.1 Å². The molecule has 2 aromatic carbocycles. The summed E-state index contributed by atoms with van der Waals surface area (Å²) in [6.07, 6.45) is 1.23. The van der Waals surface area contributed by atoms with Crippen LogP contribution in [0.2, 0.25) is 5.02 Å². The lowest BCUT2D eigenvalue weighted by Crippen LogP contribution is -2.47. The maximum Gasteiger partial charge on any atom is 0.260 e. The number of carbonyl (C=O) groups excluding carboxylic acids is 2. The number of ether oxygens (including phenoxy) is 1. The Morgan fingerprint density at radius 2 is 1.68 bits per heavy atom. The van der Waals surface area contributed by atoms with E-state index in [0.717, 1.165) is 6.07 Å². The van der Waals surface area contributed by atoms with Gasteiger partial charge in [0.2, 0.25) is 0 Å². The number of aromatic hydroxyl groups is 2. The quantitative estimate of drug-likeness (QED) is 0.711. The van der Waals surface area contributed by atoms with E-state index in [4.69, 9.17) is 16.3 Å². The van der Waals surface area contributed by atoms with Crippen LogP contribution in [0.15, 0.2) is 42.5 Å². The zero-order valence-electron chi connectivity index (χ0n) is 15.1. The summed E-state index contributed by atoms with van der Waals surface area (Å²) in [7, 11) is 0. The van der Waals surface area contributed by atoms with Crippen LogP contribution >= 0.6 is 11.6 Å². The molecule has 8 heteroatoms. The van der Waals surface area contributed by atoms with Gasteiger partial charge in [-0.3, -0.25) is 9.59 Å². The van der Waals surface area contributed by atoms with Crippen LogP contribution in [-0.4, -0.2) is 52.7 Å². The van der Waals surface area contributed by atoms with E-state index in [1.807, 2.05) is 0 Å². The molecule has 1 fully saturated rings. The van der Waals surface area contributed by atoms with Crippen LogP contribution in [0.25, 0.3) is 0 Å². The molecule has 0 aromatic heterocycles. The van der Waals surface area contributed by atoms with Crippen molar-refractivity contribution in [2.24, 2.45) is 0 Å². The lowest BCUT2D eigenvalue weighted by atomic mass is 10.0. The number of amides is 2. The van der Waals surface area contributed by atoms with E-state index in [9.17, 15) is 19.8 Å². The van der Waals surface area contributed by atoms with Crippen LogP contribution in [0, 0.1) is 0 Å². The Labute approximate surface area is 167 Å². The minimum atomic E-state index is -0.373. The number of benzene rings is 2. The third kappa shape index (κ3) is 5.29. The van der Waals surface area contributed by atoms with Gasteiger partial charge < -0.3 is 25.2 Å². The van der Waals surface area contributed by atoms with E-state index in [2.05, 4.69) is 5.32 Å². The van der Waals surface area contributed by atoms with Gasteiger partial charge in [0, 0.05) is 35.8 Å². The van der Waals surface area contributed by atoms with Gasteiger partial charge in [0.05, 0.1) is 0 Å². The van der Waals surface area contributed by atoms with Crippen molar-refractivity contribution in [1.82, 2.24) is 10.2 Å². The molecule has 1 aliphatic heterocycles. The predicted octanol–water partition coefficient (Wildman–Crippen LogP) is 2.55. The van der Waals surface area contributed by atoms with Crippen LogP contribution in [-0.2, 0) is 4.79 Å². The average molecular weight is 405 g/mol. The fourth-order valence-corrected chi connectivity index (χ4v) is 3.16. The van der Waals surface area contributed by atoms with Crippen LogP contribution in [0.1, 0.15) is 23.2 Å². The molecular weight excluding hydrogens is 384 g/mol. The molecule has 0 saturated carbocycles. The van der Waals surface area contributed by atoms with Crippen molar-refractivity contribution in [3.05, 3.63) is 53.1 Å². The molecule has 0 unspecified atom stereocenters. The van der Waals surface area contributed by atoms with Gasteiger partial charge in [-0.25, -0.2) is 0 Å². The molecule has 0 aliphatic carbocycles. The molecule has 0 bridgehead atoms. The fourth-order valence-electron chi connectivity index (χ4n) is 3.04. The Morgan fingerprint density at radius 1 is 1.07 bits per heavy atom. The number of nitrogens with zero attached hydrogens (tertiary/aromatic N) is 1. The molecule has 1 saturated heterocycles. The molecule has 2 amide bonds. The van der Waals surface area contributed by atoms with Crippen molar-refractivity contribution in [2.75, 3.05) is 19.7 Å². The van der Waals surface area contributed by atoms with Crippen molar-refractivity contribution in [3.8, 4) is 17.2 Å². The predicted molar refractivity (Wildman–Crippen MR) is 104 cm³/mol. The Balaban J connectivity index is 1.45. The number of likely N-dealkylation sites (tertiary alicyclic amines) is 1. The number of phenols is 2. The first kappa shape index (κ1) is 19.8. The first-order chi connectivity index (χ1) is 13.4. The fraction of sp³-hybridized carbons (Fsp3) is 0.300. The molecule has 0 spiro atoms. The maximum absolute atomic E-state index is 12.3. The Kier molecular flexibility index (Phi) is 6.26. The monoisotopic (exact) mass is 404 g/mol. The molecule has 2 aromatic rings. The van der Waals surface area contributed by atoms with Crippen molar-refractivity contribution < 1.29 is 24.5 Å². The highest BCUT2D eigenvalue weighted by Gasteiger charge is 2.24. The summed E-state index contributed by atoms with van der Waals surface area (Å²) >= 11 is 5.81. The molecule has 148 valence electrons. The molecule has 0 radical (unpaired) electrons. The SMILES string of the molecule is O=C(NC1CCN(C(=O)COc2ccc(Cl)cc2)CC1)c1cc(O)cc(O)c1. The third-order valence-corrected chi connectivity index (χ3v) is 4.78. The second-order valence-corrected chi connectivity index (χ2v) is 7.05. The van der Waals surface area contributed by atoms with Gasteiger partial charge in [0.1, 0.15) is 17.2 Å². The van der Waals surface area contributed by atoms with E-state index in [0.29, 0.717) is 36.7 Å². The lowest BCUT2D eigenvalue weighted by Gasteiger charge is -2.32. The Morgan fingerprint density at radius 3 is 2.29 bits per heavy atom. The van der Waals surface area contributed by atoms with Crippen LogP contribution < -0.4 is 10.1 Å². The van der Waals surface area contributed by atoms with Crippen molar-refractivity contribution in [2.45, 2.75) is 18.9 Å². The molecular formula is C20H21ClN2O5. The summed E-state index contributed by atoms with van der Waals surface area (Å²) in [5.41, 5.74) is 0.187. The standard InChI is InChI=1S/C20H21ClN2O5/c21-14-1-3-18(4-2-14)28-12-19(26)23-7-5-15(6-8-23)22-20(27)13-9-16(24)11-17(25)10-13/h1-4,9-11,15,24-25H,5-8,12H2,(H,22,27). The van der Waals surface area contributed by atoms with Crippen molar-refractivity contribution in [1.29, 1.82) is 0 Å². The second-order valence-electron chi connectivity index (χ2n) is 6.61. The normalized spacial score (nSPS) is 14.5. The van der Waals surface area contributed by atoms with Gasteiger partial charge >= 0.3 is 0 Å². The third-order valence-electron chi connectivity index (χ3n) is 4.52. The number of carbonyl (C=O) groups is 2. The minimum absolute atomic E-state index is 0.0543.